The lowest BCUT2D eigenvalue weighted by molar-refractivity contribution is 0.0377. The number of pyridine rings is 2. The van der Waals surface area contributed by atoms with Gasteiger partial charge in [0.15, 0.2) is 5.82 Å². The summed E-state index contributed by atoms with van der Waals surface area (Å²) in [6, 6.07) is 1.46. The minimum absolute atomic E-state index is 0.0606. The average Bonchev–Trinajstić information content (AvgIpc) is 3.30. The molecule has 1 saturated heterocycles. The van der Waals surface area contributed by atoms with Gasteiger partial charge in [-0.1, -0.05) is 0 Å². The number of aryl methyl sites for hydroxylation is 1. The number of hydrogen-bond acceptors (Lipinski definition) is 6. The number of amidine groups is 1. The van der Waals surface area contributed by atoms with Crippen molar-refractivity contribution >= 4 is 29.1 Å². The number of anilines is 1. The lowest BCUT2D eigenvalue weighted by atomic mass is 10.0. The Morgan fingerprint density at radius 2 is 1.89 bits per heavy atom. The van der Waals surface area contributed by atoms with Crippen molar-refractivity contribution < 1.29 is 23.8 Å². The smallest absolute Gasteiger partial charge is 0.415 e. The number of aromatic nitrogens is 1. The monoisotopic (exact) mass is 498 g/mol. The number of carboxylic acid groups (broad SMARTS) is 1. The van der Waals surface area contributed by atoms with Crippen LogP contribution in [0.5, 0.6) is 0 Å². The van der Waals surface area contributed by atoms with Crippen LogP contribution >= 0.6 is 0 Å². The first-order valence-electron chi connectivity index (χ1n) is 12.4. The van der Waals surface area contributed by atoms with E-state index in [1.807, 2.05) is 25.7 Å². The topological polar surface area (TPSA) is 104 Å². The van der Waals surface area contributed by atoms with E-state index in [2.05, 4.69) is 4.99 Å². The molecule has 2 aromatic rings. The third-order valence-corrected chi connectivity index (χ3v) is 7.05. The van der Waals surface area contributed by atoms with Gasteiger partial charge in [0.05, 0.1) is 30.5 Å². The van der Waals surface area contributed by atoms with E-state index in [9.17, 15) is 19.5 Å². The molecule has 1 aliphatic carbocycles. The van der Waals surface area contributed by atoms with Crippen molar-refractivity contribution in [3.8, 4) is 0 Å². The highest BCUT2D eigenvalue weighted by Crippen LogP contribution is 2.44. The van der Waals surface area contributed by atoms with Gasteiger partial charge in [-0.25, -0.2) is 14.0 Å². The number of nitrogens with zero attached hydrogens (tertiary/aromatic N) is 4. The molecule has 1 atom stereocenters. The normalized spacial score (nSPS) is 20.2. The number of ether oxygens (including phenoxy) is 1. The molecule has 36 heavy (non-hydrogen) atoms. The molecule has 0 spiro atoms. The minimum Gasteiger partial charge on any atom is -0.477 e. The van der Waals surface area contributed by atoms with E-state index in [-0.39, 0.29) is 17.4 Å². The summed E-state index contributed by atoms with van der Waals surface area (Å²) in [5, 5.41) is 9.51. The SMILES string of the molecule is Cc1c(N2CCC(C3=NCCN3C(=O)OC(C)(C)C)C2)c(F)cn2c(=O)c(C(=O)O)cc(C3CC3)c12. The predicted molar refractivity (Wildman–Crippen MR) is 133 cm³/mol. The summed E-state index contributed by atoms with van der Waals surface area (Å²) in [5.41, 5.74) is 0.689. The van der Waals surface area contributed by atoms with E-state index in [0.717, 1.165) is 29.0 Å². The summed E-state index contributed by atoms with van der Waals surface area (Å²) >= 11 is 0. The molecule has 3 aliphatic rings. The lowest BCUT2D eigenvalue weighted by Crippen LogP contribution is -2.42. The Bertz CT molecular complexity index is 1360. The largest absolute Gasteiger partial charge is 0.477 e. The standard InChI is InChI=1S/C26H31FN4O5/c1-14-20-17(15-5-6-15)11-18(24(33)34)23(32)31(20)13-19(27)21(14)29-9-7-16(12-29)22-28-8-10-30(22)25(35)36-26(2,3)4/h11,13,15-16H,5-10,12H2,1-4H3,(H,33,34). The maximum atomic E-state index is 15.5. The maximum Gasteiger partial charge on any atom is 0.415 e. The van der Waals surface area contributed by atoms with E-state index in [1.165, 1.54) is 6.07 Å². The molecule has 10 heteroatoms. The molecule has 1 amide bonds. The Hall–Kier alpha value is -3.43. The number of rotatable bonds is 4. The zero-order valence-corrected chi connectivity index (χ0v) is 21.0. The van der Waals surface area contributed by atoms with Gasteiger partial charge in [0.2, 0.25) is 0 Å². The van der Waals surface area contributed by atoms with Crippen molar-refractivity contribution in [1.29, 1.82) is 0 Å². The number of carbonyl (C=O) groups is 2. The molecular weight excluding hydrogens is 467 g/mol. The van der Waals surface area contributed by atoms with Gasteiger partial charge in [-0.3, -0.25) is 19.1 Å². The Labute approximate surface area is 208 Å². The first kappa shape index (κ1) is 24.3. The van der Waals surface area contributed by atoms with Crippen molar-refractivity contribution in [2.75, 3.05) is 31.1 Å². The van der Waals surface area contributed by atoms with Crippen LogP contribution in [0.15, 0.2) is 22.1 Å². The average molecular weight is 499 g/mol. The number of amides is 1. The molecular formula is C26H31FN4O5. The van der Waals surface area contributed by atoms with Crippen LogP contribution in [0.1, 0.15) is 67.4 Å². The van der Waals surface area contributed by atoms with Crippen LogP contribution in [0, 0.1) is 18.7 Å². The Balaban J connectivity index is 1.48. The van der Waals surface area contributed by atoms with Crippen LogP contribution in [0.3, 0.4) is 0 Å². The number of carboxylic acids is 1. The molecule has 4 heterocycles. The highest BCUT2D eigenvalue weighted by atomic mass is 19.1. The van der Waals surface area contributed by atoms with Crippen molar-refractivity contribution in [3.63, 3.8) is 0 Å². The zero-order chi connectivity index (χ0) is 25.9. The van der Waals surface area contributed by atoms with Crippen LogP contribution < -0.4 is 10.5 Å². The van der Waals surface area contributed by atoms with E-state index < -0.39 is 29.0 Å². The molecule has 192 valence electrons. The zero-order valence-electron chi connectivity index (χ0n) is 21.0. The van der Waals surface area contributed by atoms with Crippen molar-refractivity contribution in [2.24, 2.45) is 10.9 Å². The van der Waals surface area contributed by atoms with Crippen molar-refractivity contribution in [3.05, 3.63) is 45.1 Å². The summed E-state index contributed by atoms with van der Waals surface area (Å²) in [5.74, 6) is -1.12. The summed E-state index contributed by atoms with van der Waals surface area (Å²) in [6.07, 6.45) is 3.21. The van der Waals surface area contributed by atoms with Crippen molar-refractivity contribution in [2.45, 2.75) is 58.5 Å². The van der Waals surface area contributed by atoms with Gasteiger partial charge < -0.3 is 14.7 Å². The summed E-state index contributed by atoms with van der Waals surface area (Å²) < 4.78 is 22.2. The third-order valence-electron chi connectivity index (χ3n) is 7.05. The Kier molecular flexibility index (Phi) is 5.80. The van der Waals surface area contributed by atoms with Crippen LogP contribution in [0.4, 0.5) is 14.9 Å². The lowest BCUT2D eigenvalue weighted by Gasteiger charge is -2.27. The minimum atomic E-state index is -1.31. The molecule has 2 aliphatic heterocycles. The predicted octanol–water partition coefficient (Wildman–Crippen LogP) is 3.80. The second kappa shape index (κ2) is 8.60. The van der Waals surface area contributed by atoms with E-state index in [4.69, 9.17) is 4.74 Å². The molecule has 1 N–H and O–H groups in total. The molecule has 9 nitrogen and oxygen atoms in total. The van der Waals surface area contributed by atoms with Crippen LogP contribution in [0.2, 0.25) is 0 Å². The molecule has 2 fully saturated rings. The molecule has 1 unspecified atom stereocenters. The maximum absolute atomic E-state index is 15.5. The molecule has 0 aromatic carbocycles. The third kappa shape index (κ3) is 4.22. The fraction of sp³-hybridized carbons (Fsp3) is 0.538. The van der Waals surface area contributed by atoms with Crippen molar-refractivity contribution in [1.82, 2.24) is 9.30 Å². The van der Waals surface area contributed by atoms with Crippen LogP contribution in [-0.4, -0.2) is 64.1 Å². The summed E-state index contributed by atoms with van der Waals surface area (Å²) in [4.78, 5) is 45.3. The van der Waals surface area contributed by atoms with Gasteiger partial charge in [0, 0.05) is 19.0 Å². The summed E-state index contributed by atoms with van der Waals surface area (Å²) in [6.45, 7) is 9.26. The molecule has 0 bridgehead atoms. The molecule has 2 aromatic heterocycles. The highest BCUT2D eigenvalue weighted by Gasteiger charge is 2.38. The number of aliphatic imine (C=N–C) groups is 1. The molecule has 1 saturated carbocycles. The van der Waals surface area contributed by atoms with Gasteiger partial charge in [0.25, 0.3) is 5.56 Å². The fourth-order valence-corrected chi connectivity index (χ4v) is 5.38. The van der Waals surface area contributed by atoms with Gasteiger partial charge in [0.1, 0.15) is 17.0 Å². The molecule has 5 rings (SSSR count). The van der Waals surface area contributed by atoms with Gasteiger partial charge >= 0.3 is 12.1 Å². The quantitative estimate of drug-likeness (QED) is 0.688. The van der Waals surface area contributed by atoms with Gasteiger partial charge in [-0.05, 0) is 70.1 Å². The Morgan fingerprint density at radius 3 is 2.53 bits per heavy atom. The molecule has 0 radical (unpaired) electrons. The highest BCUT2D eigenvalue weighted by molar-refractivity contribution is 5.99. The first-order chi connectivity index (χ1) is 17.0. The van der Waals surface area contributed by atoms with Gasteiger partial charge in [-0.2, -0.15) is 0 Å². The second-order valence-corrected chi connectivity index (χ2v) is 10.9. The van der Waals surface area contributed by atoms with E-state index >= 15 is 4.39 Å². The number of hydrogen-bond donors (Lipinski definition) is 1. The number of halogens is 1. The summed E-state index contributed by atoms with van der Waals surface area (Å²) in [7, 11) is 0. The van der Waals surface area contributed by atoms with E-state index in [1.54, 1.807) is 11.8 Å². The van der Waals surface area contributed by atoms with Gasteiger partial charge in [-0.15, -0.1) is 0 Å². The first-order valence-corrected chi connectivity index (χ1v) is 12.4. The number of aromatic carboxylic acids is 1. The second-order valence-electron chi connectivity index (χ2n) is 10.9. The van der Waals surface area contributed by atoms with Crippen LogP contribution in [0.25, 0.3) is 5.52 Å². The Morgan fingerprint density at radius 1 is 1.17 bits per heavy atom. The number of carbonyl (C=O) groups excluding carboxylic acids is 1. The fourth-order valence-electron chi connectivity index (χ4n) is 5.38. The van der Waals surface area contributed by atoms with E-state index in [0.29, 0.717) is 55.2 Å². The number of fused-ring (bicyclic) bond motifs is 1. The van der Waals surface area contributed by atoms with Crippen LogP contribution in [-0.2, 0) is 4.74 Å².